The van der Waals surface area contributed by atoms with Crippen molar-refractivity contribution in [2.45, 2.75) is 6.92 Å². The summed E-state index contributed by atoms with van der Waals surface area (Å²) < 4.78 is 0. The zero-order valence-corrected chi connectivity index (χ0v) is 9.49. The molecule has 1 heterocycles. The van der Waals surface area contributed by atoms with Crippen LogP contribution in [0.2, 0.25) is 0 Å². The van der Waals surface area contributed by atoms with Crippen LogP contribution in [0, 0.1) is 6.92 Å². The van der Waals surface area contributed by atoms with Crippen molar-refractivity contribution in [3.63, 3.8) is 0 Å². The van der Waals surface area contributed by atoms with Crippen LogP contribution in [0.5, 0.6) is 0 Å². The van der Waals surface area contributed by atoms with Gasteiger partial charge >= 0.3 is 0 Å². The third kappa shape index (κ3) is 3.61. The largest absolute Gasteiger partial charge is 0.196 e. The Morgan fingerprint density at radius 1 is 0.824 bits per heavy atom. The molecule has 0 bridgehead atoms. The Hall–Kier alpha value is -2.36. The van der Waals surface area contributed by atoms with E-state index in [9.17, 15) is 0 Å². The van der Waals surface area contributed by atoms with Gasteiger partial charge in [0.2, 0.25) is 0 Å². The van der Waals surface area contributed by atoms with Crippen molar-refractivity contribution in [1.82, 2.24) is 20.4 Å². The van der Waals surface area contributed by atoms with Crippen molar-refractivity contribution in [3.8, 4) is 0 Å². The number of hydrogen-bond donors (Lipinski definition) is 0. The molecule has 2 rings (SSSR count). The minimum Gasteiger partial charge on any atom is -0.131 e. The highest BCUT2D eigenvalue weighted by Crippen LogP contribution is 2.01. The molecule has 0 aliphatic rings. The Morgan fingerprint density at radius 2 is 1.47 bits per heavy atom. The van der Waals surface area contributed by atoms with E-state index in [0.717, 1.165) is 5.56 Å². The van der Waals surface area contributed by atoms with Crippen LogP contribution >= 0.6 is 0 Å². The Bertz CT molecular complexity index is 515. The zero-order valence-electron chi connectivity index (χ0n) is 9.49. The van der Waals surface area contributed by atoms with Gasteiger partial charge in [-0.1, -0.05) is 48.6 Å². The van der Waals surface area contributed by atoms with Crippen molar-refractivity contribution in [1.29, 1.82) is 0 Å². The van der Waals surface area contributed by atoms with Crippen LogP contribution in [0.3, 0.4) is 0 Å². The molecule has 0 saturated heterocycles. The highest BCUT2D eigenvalue weighted by Gasteiger charge is 1.90. The molecule has 0 fully saturated rings. The summed E-state index contributed by atoms with van der Waals surface area (Å²) in [5.41, 5.74) is 1.15. The van der Waals surface area contributed by atoms with Gasteiger partial charge < -0.3 is 0 Å². The molecule has 0 radical (unpaired) electrons. The van der Waals surface area contributed by atoms with Crippen LogP contribution in [0.1, 0.15) is 17.2 Å². The first-order valence-corrected chi connectivity index (χ1v) is 5.28. The summed E-state index contributed by atoms with van der Waals surface area (Å²) in [6.45, 7) is 1.75. The molecule has 1 aromatic carbocycles. The fraction of sp³-hybridized carbons (Fsp3) is 0.0769. The van der Waals surface area contributed by atoms with Gasteiger partial charge in [0.05, 0.1) is 0 Å². The molecule has 0 spiro atoms. The number of benzene rings is 1. The van der Waals surface area contributed by atoms with E-state index in [1.54, 1.807) is 13.0 Å². The third-order valence-corrected chi connectivity index (χ3v) is 2.04. The van der Waals surface area contributed by atoms with E-state index in [1.165, 1.54) is 0 Å². The molecule has 2 aromatic rings. The van der Waals surface area contributed by atoms with Crippen LogP contribution < -0.4 is 0 Å². The minimum absolute atomic E-state index is 0.508. The molecule has 0 N–H and O–H groups in total. The van der Waals surface area contributed by atoms with E-state index < -0.39 is 0 Å². The van der Waals surface area contributed by atoms with Crippen molar-refractivity contribution in [2.75, 3.05) is 0 Å². The monoisotopic (exact) mass is 224 g/mol. The molecule has 84 valence electrons. The maximum Gasteiger partial charge on any atom is 0.196 e. The molecule has 0 aliphatic carbocycles. The first kappa shape index (κ1) is 11.1. The summed E-state index contributed by atoms with van der Waals surface area (Å²) in [5.74, 6) is 1.08. The summed E-state index contributed by atoms with van der Waals surface area (Å²) >= 11 is 0. The fourth-order valence-corrected chi connectivity index (χ4v) is 1.23. The summed E-state index contributed by atoms with van der Waals surface area (Å²) in [5, 5.41) is 15.4. The topological polar surface area (TPSA) is 51.6 Å². The molecular weight excluding hydrogens is 212 g/mol. The van der Waals surface area contributed by atoms with Gasteiger partial charge in [-0.2, -0.15) is 0 Å². The summed E-state index contributed by atoms with van der Waals surface area (Å²) in [7, 11) is 0. The van der Waals surface area contributed by atoms with E-state index in [2.05, 4.69) is 20.4 Å². The van der Waals surface area contributed by atoms with Crippen LogP contribution in [0.15, 0.2) is 42.5 Å². The Balaban J connectivity index is 1.98. The lowest BCUT2D eigenvalue weighted by Gasteiger charge is -1.89. The van der Waals surface area contributed by atoms with E-state index in [-0.39, 0.29) is 0 Å². The standard InChI is InChI=1S/C13H12N4/c1-11-14-16-13(17-15-11)10-6-5-9-12-7-3-2-4-8-12/h2-10H,1H3/b9-5+,10-6+. The molecule has 0 unspecified atom stereocenters. The average molecular weight is 224 g/mol. The molecular formula is C13H12N4. The predicted molar refractivity (Wildman–Crippen MR) is 66.9 cm³/mol. The summed E-state index contributed by atoms with van der Waals surface area (Å²) in [4.78, 5) is 0. The quantitative estimate of drug-likeness (QED) is 0.751. The van der Waals surface area contributed by atoms with Crippen molar-refractivity contribution in [3.05, 3.63) is 59.7 Å². The number of allylic oxidation sites excluding steroid dienone is 2. The van der Waals surface area contributed by atoms with Gasteiger partial charge in [0, 0.05) is 0 Å². The van der Waals surface area contributed by atoms with Crippen LogP contribution in [-0.4, -0.2) is 20.4 Å². The predicted octanol–water partition coefficient (Wildman–Crippen LogP) is 2.30. The molecule has 1 aromatic heterocycles. The summed E-state index contributed by atoms with van der Waals surface area (Å²) in [6.07, 6.45) is 7.56. The highest BCUT2D eigenvalue weighted by molar-refractivity contribution is 5.54. The smallest absolute Gasteiger partial charge is 0.131 e. The Morgan fingerprint density at radius 3 is 2.18 bits per heavy atom. The Kier molecular flexibility index (Phi) is 3.70. The van der Waals surface area contributed by atoms with Gasteiger partial charge in [0.15, 0.2) is 11.6 Å². The lowest BCUT2D eigenvalue weighted by molar-refractivity contribution is 0.794. The second-order valence-corrected chi connectivity index (χ2v) is 3.43. The molecule has 4 nitrogen and oxygen atoms in total. The van der Waals surface area contributed by atoms with E-state index >= 15 is 0 Å². The molecule has 0 saturated carbocycles. The van der Waals surface area contributed by atoms with Gasteiger partial charge in [0.1, 0.15) is 0 Å². The van der Waals surface area contributed by atoms with Gasteiger partial charge in [-0.3, -0.25) is 0 Å². The Labute approximate surface area is 99.7 Å². The SMILES string of the molecule is Cc1nnc(/C=C/C=C/c2ccccc2)nn1. The van der Waals surface area contributed by atoms with E-state index in [4.69, 9.17) is 0 Å². The van der Waals surface area contributed by atoms with Crippen LogP contribution in [0.4, 0.5) is 0 Å². The van der Waals surface area contributed by atoms with Crippen molar-refractivity contribution >= 4 is 12.2 Å². The third-order valence-electron chi connectivity index (χ3n) is 2.04. The zero-order chi connectivity index (χ0) is 11.9. The minimum atomic E-state index is 0.508. The second-order valence-electron chi connectivity index (χ2n) is 3.43. The lowest BCUT2D eigenvalue weighted by Crippen LogP contribution is -1.97. The van der Waals surface area contributed by atoms with Gasteiger partial charge in [-0.25, -0.2) is 0 Å². The molecule has 0 atom stereocenters. The van der Waals surface area contributed by atoms with Crippen molar-refractivity contribution < 1.29 is 0 Å². The summed E-state index contributed by atoms with van der Waals surface area (Å²) in [6, 6.07) is 10.1. The van der Waals surface area contributed by atoms with Gasteiger partial charge in [-0.15, -0.1) is 20.4 Å². The maximum atomic E-state index is 3.88. The lowest BCUT2D eigenvalue weighted by atomic mass is 10.2. The normalized spacial score (nSPS) is 11.4. The number of nitrogens with zero attached hydrogens (tertiary/aromatic N) is 4. The van der Waals surface area contributed by atoms with Crippen LogP contribution in [0.25, 0.3) is 12.2 Å². The first-order valence-electron chi connectivity index (χ1n) is 5.28. The number of hydrogen-bond acceptors (Lipinski definition) is 4. The number of aryl methyl sites for hydroxylation is 1. The maximum absolute atomic E-state index is 3.88. The van der Waals surface area contributed by atoms with Gasteiger partial charge in [0.25, 0.3) is 0 Å². The molecule has 4 heteroatoms. The van der Waals surface area contributed by atoms with E-state index in [1.807, 2.05) is 48.6 Å². The number of rotatable bonds is 3. The van der Waals surface area contributed by atoms with Gasteiger partial charge in [-0.05, 0) is 18.6 Å². The van der Waals surface area contributed by atoms with Crippen molar-refractivity contribution in [2.24, 2.45) is 0 Å². The van der Waals surface area contributed by atoms with E-state index in [0.29, 0.717) is 11.6 Å². The molecule has 0 amide bonds. The van der Waals surface area contributed by atoms with Crippen LogP contribution in [-0.2, 0) is 0 Å². The molecule has 17 heavy (non-hydrogen) atoms. The molecule has 0 aliphatic heterocycles. The second kappa shape index (κ2) is 5.65. The number of aromatic nitrogens is 4. The first-order chi connectivity index (χ1) is 8.34. The average Bonchev–Trinajstić information content (AvgIpc) is 2.38. The highest BCUT2D eigenvalue weighted by atomic mass is 15.3. The fourth-order valence-electron chi connectivity index (χ4n) is 1.23.